The first-order chi connectivity index (χ1) is 13.1. The highest BCUT2D eigenvalue weighted by molar-refractivity contribution is 8.13. The van der Waals surface area contributed by atoms with E-state index in [0.29, 0.717) is 17.2 Å². The average Bonchev–Trinajstić information content (AvgIpc) is 2.62. The lowest BCUT2D eigenvalue weighted by molar-refractivity contribution is -0.137. The Morgan fingerprint density at radius 3 is 2.64 bits per heavy atom. The molecule has 0 saturated heterocycles. The third-order valence-corrected chi connectivity index (χ3v) is 5.30. The summed E-state index contributed by atoms with van der Waals surface area (Å²) in [6.45, 7) is 1.83. The number of anilines is 1. The largest absolute Gasteiger partial charge is 0.417 e. The number of amidine groups is 1. The van der Waals surface area contributed by atoms with Crippen molar-refractivity contribution in [3.8, 4) is 0 Å². The molecule has 28 heavy (non-hydrogen) atoms. The molecule has 0 aromatic heterocycles. The quantitative estimate of drug-likeness (QED) is 0.716. The van der Waals surface area contributed by atoms with Crippen molar-refractivity contribution in [1.82, 2.24) is 0 Å². The molecule has 4 nitrogen and oxygen atoms in total. The van der Waals surface area contributed by atoms with Gasteiger partial charge in [0.05, 0.1) is 22.4 Å². The summed E-state index contributed by atoms with van der Waals surface area (Å²) in [6.07, 6.45) is -4.05. The van der Waals surface area contributed by atoms with E-state index < -0.39 is 34.6 Å². The third kappa shape index (κ3) is 4.14. The van der Waals surface area contributed by atoms with Gasteiger partial charge in [0.2, 0.25) is 0 Å². The molecule has 0 spiro atoms. The van der Waals surface area contributed by atoms with Crippen LogP contribution in [0.4, 0.5) is 23.2 Å². The van der Waals surface area contributed by atoms with Gasteiger partial charge in [-0.05, 0) is 43.2 Å². The predicted molar refractivity (Wildman–Crippen MR) is 102 cm³/mol. The van der Waals surface area contributed by atoms with Gasteiger partial charge in [-0.25, -0.2) is 4.39 Å². The van der Waals surface area contributed by atoms with Crippen molar-refractivity contribution < 1.29 is 22.4 Å². The smallest absolute Gasteiger partial charge is 0.379 e. The highest BCUT2D eigenvalue weighted by Crippen LogP contribution is 2.37. The zero-order chi connectivity index (χ0) is 20.5. The maximum absolute atomic E-state index is 14.2. The second-order valence-electron chi connectivity index (χ2n) is 6.51. The van der Waals surface area contributed by atoms with Gasteiger partial charge in [0.1, 0.15) is 5.82 Å². The molecule has 9 heteroatoms. The number of halogens is 4. The number of nitrogens with two attached hydrogens (primary N) is 1. The molecular weight excluding hydrogens is 394 g/mol. The molecular formula is C19H17F4N3OS. The van der Waals surface area contributed by atoms with Crippen LogP contribution in [0.25, 0.3) is 0 Å². The molecule has 2 aromatic rings. The SMILES string of the molecule is CC1(c2ccc(F)c(NC(=O)c3ccccc3C(F)(F)F)c2)CCSC(N)=N1. The fourth-order valence-corrected chi connectivity index (χ4v) is 3.94. The van der Waals surface area contributed by atoms with E-state index in [0.717, 1.165) is 24.0 Å². The van der Waals surface area contributed by atoms with E-state index in [1.165, 1.54) is 36.0 Å². The third-order valence-electron chi connectivity index (χ3n) is 4.51. The van der Waals surface area contributed by atoms with E-state index in [-0.39, 0.29) is 5.69 Å². The topological polar surface area (TPSA) is 67.5 Å². The Balaban J connectivity index is 1.94. The van der Waals surface area contributed by atoms with Crippen LogP contribution in [0, 0.1) is 5.82 Å². The number of alkyl halides is 3. The number of hydrogen-bond donors (Lipinski definition) is 2. The van der Waals surface area contributed by atoms with Crippen molar-refractivity contribution in [1.29, 1.82) is 0 Å². The molecule has 0 aliphatic carbocycles. The van der Waals surface area contributed by atoms with Gasteiger partial charge in [0, 0.05) is 5.75 Å². The first-order valence-electron chi connectivity index (χ1n) is 8.36. The fourth-order valence-electron chi connectivity index (χ4n) is 2.97. The van der Waals surface area contributed by atoms with Crippen molar-refractivity contribution in [2.24, 2.45) is 10.7 Å². The molecule has 0 radical (unpaired) electrons. The number of rotatable bonds is 3. The zero-order valence-electron chi connectivity index (χ0n) is 14.8. The van der Waals surface area contributed by atoms with Crippen molar-refractivity contribution in [3.05, 3.63) is 65.0 Å². The number of nitrogens with one attached hydrogen (secondary N) is 1. The second-order valence-corrected chi connectivity index (χ2v) is 7.63. The summed E-state index contributed by atoms with van der Waals surface area (Å²) in [5, 5.41) is 2.65. The lowest BCUT2D eigenvalue weighted by atomic mass is 9.89. The molecule has 1 aliphatic rings. The van der Waals surface area contributed by atoms with Crippen molar-refractivity contribution >= 4 is 28.5 Å². The average molecular weight is 411 g/mol. The summed E-state index contributed by atoms with van der Waals surface area (Å²) in [6, 6.07) is 8.42. The van der Waals surface area contributed by atoms with Crippen LogP contribution < -0.4 is 11.1 Å². The second kappa shape index (κ2) is 7.46. The lowest BCUT2D eigenvalue weighted by Gasteiger charge is -2.30. The van der Waals surface area contributed by atoms with Crippen LogP contribution in [-0.4, -0.2) is 16.8 Å². The number of thioether (sulfide) groups is 1. The van der Waals surface area contributed by atoms with E-state index in [1.54, 1.807) is 0 Å². The van der Waals surface area contributed by atoms with Gasteiger partial charge >= 0.3 is 6.18 Å². The monoisotopic (exact) mass is 411 g/mol. The summed E-state index contributed by atoms with van der Waals surface area (Å²) in [5.41, 5.74) is 3.82. The minimum atomic E-state index is -4.70. The highest BCUT2D eigenvalue weighted by atomic mass is 32.2. The van der Waals surface area contributed by atoms with Gasteiger partial charge in [-0.2, -0.15) is 13.2 Å². The van der Waals surface area contributed by atoms with Gasteiger partial charge in [0.25, 0.3) is 5.91 Å². The van der Waals surface area contributed by atoms with Gasteiger partial charge < -0.3 is 11.1 Å². The maximum atomic E-state index is 14.2. The Bertz CT molecular complexity index is 945. The molecule has 3 N–H and O–H groups in total. The van der Waals surface area contributed by atoms with Crippen molar-refractivity contribution in [2.45, 2.75) is 25.1 Å². The summed E-state index contributed by atoms with van der Waals surface area (Å²) in [5.74, 6) is -1.08. The van der Waals surface area contributed by atoms with E-state index in [9.17, 15) is 22.4 Å². The molecule has 1 aliphatic heterocycles. The van der Waals surface area contributed by atoms with Crippen LogP contribution >= 0.6 is 11.8 Å². The molecule has 2 aromatic carbocycles. The first-order valence-corrected chi connectivity index (χ1v) is 9.34. The van der Waals surface area contributed by atoms with E-state index in [1.807, 2.05) is 6.92 Å². The number of benzene rings is 2. The van der Waals surface area contributed by atoms with Gasteiger partial charge in [-0.15, -0.1) is 0 Å². The van der Waals surface area contributed by atoms with E-state index in [2.05, 4.69) is 10.3 Å². The van der Waals surface area contributed by atoms with Crippen LogP contribution in [0.3, 0.4) is 0 Å². The minimum Gasteiger partial charge on any atom is -0.379 e. The summed E-state index contributed by atoms with van der Waals surface area (Å²) >= 11 is 1.41. The molecule has 3 rings (SSSR count). The summed E-state index contributed by atoms with van der Waals surface area (Å²) in [4.78, 5) is 16.8. The first kappa shape index (κ1) is 20.2. The Kier molecular flexibility index (Phi) is 5.38. The molecule has 1 heterocycles. The predicted octanol–water partition coefficient (Wildman–Crippen LogP) is 4.76. The van der Waals surface area contributed by atoms with Gasteiger partial charge in [-0.1, -0.05) is 30.0 Å². The van der Waals surface area contributed by atoms with Crippen LogP contribution in [0.5, 0.6) is 0 Å². The normalized spacial score (nSPS) is 19.8. The molecule has 1 amide bonds. The molecule has 148 valence electrons. The molecule has 0 bridgehead atoms. The van der Waals surface area contributed by atoms with Crippen LogP contribution in [0.15, 0.2) is 47.5 Å². The number of aliphatic imine (C=N–C) groups is 1. The van der Waals surface area contributed by atoms with Crippen LogP contribution in [0.2, 0.25) is 0 Å². The minimum absolute atomic E-state index is 0.215. The van der Waals surface area contributed by atoms with Crippen molar-refractivity contribution in [2.75, 3.05) is 11.1 Å². The molecule has 0 saturated carbocycles. The Labute approximate surface area is 163 Å². The Hall–Kier alpha value is -2.55. The fraction of sp³-hybridized carbons (Fsp3) is 0.263. The highest BCUT2D eigenvalue weighted by Gasteiger charge is 2.35. The molecule has 1 atom stereocenters. The number of nitrogens with zero attached hydrogens (tertiary/aromatic N) is 1. The number of carbonyl (C=O) groups excluding carboxylic acids is 1. The van der Waals surface area contributed by atoms with Crippen LogP contribution in [0.1, 0.15) is 34.8 Å². The lowest BCUT2D eigenvalue weighted by Crippen LogP contribution is -2.29. The Morgan fingerprint density at radius 1 is 1.25 bits per heavy atom. The van der Waals surface area contributed by atoms with E-state index >= 15 is 0 Å². The number of hydrogen-bond acceptors (Lipinski definition) is 4. The van der Waals surface area contributed by atoms with Crippen LogP contribution in [-0.2, 0) is 11.7 Å². The summed E-state index contributed by atoms with van der Waals surface area (Å²) in [7, 11) is 0. The van der Waals surface area contributed by atoms with Crippen molar-refractivity contribution in [3.63, 3.8) is 0 Å². The van der Waals surface area contributed by atoms with Gasteiger partial charge in [-0.3, -0.25) is 9.79 Å². The zero-order valence-corrected chi connectivity index (χ0v) is 15.6. The number of carbonyl (C=O) groups is 1. The number of amides is 1. The van der Waals surface area contributed by atoms with E-state index in [4.69, 9.17) is 5.73 Å². The Morgan fingerprint density at radius 2 is 1.96 bits per heavy atom. The molecule has 1 unspecified atom stereocenters. The standard InChI is InChI=1S/C19H17F4N3OS/c1-18(8-9-28-17(24)26-18)11-6-7-14(20)15(10-11)25-16(27)12-4-2-3-5-13(12)19(21,22)23/h2-7,10H,8-9H2,1H3,(H2,24,26)(H,25,27). The maximum Gasteiger partial charge on any atom is 0.417 e. The van der Waals surface area contributed by atoms with Gasteiger partial charge in [0.15, 0.2) is 5.17 Å². The summed E-state index contributed by atoms with van der Waals surface area (Å²) < 4.78 is 53.7. The molecule has 0 fully saturated rings.